The topological polar surface area (TPSA) is 55.1 Å². The van der Waals surface area contributed by atoms with Gasteiger partial charge in [0.25, 0.3) is 0 Å². The molecule has 2 aromatic heterocycles. The number of nitrogens with one attached hydrogen (secondary N) is 1. The van der Waals surface area contributed by atoms with Gasteiger partial charge in [-0.1, -0.05) is 17.8 Å². The number of piperidine rings is 1. The molecule has 1 saturated carbocycles. The monoisotopic (exact) mass is 277 g/mol. The summed E-state index contributed by atoms with van der Waals surface area (Å²) in [7, 11) is 0. The van der Waals surface area contributed by atoms with E-state index in [0.29, 0.717) is 5.92 Å². The van der Waals surface area contributed by atoms with Crippen LogP contribution in [0.15, 0.2) is 0 Å². The van der Waals surface area contributed by atoms with Crippen LogP contribution in [0.3, 0.4) is 0 Å². The first-order chi connectivity index (χ1) is 9.26. The minimum absolute atomic E-state index is 0.0283. The molecule has 0 bridgehead atoms. The average molecular weight is 277 g/mol. The lowest BCUT2D eigenvalue weighted by Gasteiger charge is -2.32. The van der Waals surface area contributed by atoms with E-state index in [-0.39, 0.29) is 5.54 Å². The Labute approximate surface area is 116 Å². The molecule has 5 nitrogen and oxygen atoms in total. The lowest BCUT2D eigenvalue weighted by molar-refractivity contribution is 0.280. The van der Waals surface area contributed by atoms with Crippen LogP contribution in [0.25, 0.3) is 4.96 Å². The van der Waals surface area contributed by atoms with Crippen LogP contribution in [0.4, 0.5) is 0 Å². The van der Waals surface area contributed by atoms with Crippen molar-refractivity contribution in [3.8, 4) is 0 Å². The molecule has 0 amide bonds. The Morgan fingerprint density at radius 3 is 2.84 bits per heavy atom. The van der Waals surface area contributed by atoms with Crippen LogP contribution in [0.1, 0.15) is 62.2 Å². The molecule has 0 spiro atoms. The molecular formula is C13H19N5S. The lowest BCUT2D eigenvalue weighted by Crippen LogP contribution is -2.43. The van der Waals surface area contributed by atoms with Gasteiger partial charge in [-0.3, -0.25) is 0 Å². The van der Waals surface area contributed by atoms with Crippen LogP contribution in [-0.4, -0.2) is 26.4 Å². The van der Waals surface area contributed by atoms with Crippen molar-refractivity contribution in [3.05, 3.63) is 10.8 Å². The van der Waals surface area contributed by atoms with Gasteiger partial charge >= 0.3 is 0 Å². The number of nitrogens with zero attached hydrogens (tertiary/aromatic N) is 4. The fraction of sp³-hybridized carbons (Fsp3) is 0.769. The molecule has 1 saturated heterocycles. The summed E-state index contributed by atoms with van der Waals surface area (Å²) >= 11 is 1.69. The SMILES string of the molecule is CC1(c2nn3c(C4CCC4)nnc3s2)CCCCN1. The Morgan fingerprint density at radius 2 is 2.16 bits per heavy atom. The molecular weight excluding hydrogens is 258 g/mol. The highest BCUT2D eigenvalue weighted by molar-refractivity contribution is 7.16. The third kappa shape index (κ3) is 1.80. The second kappa shape index (κ2) is 4.24. The van der Waals surface area contributed by atoms with E-state index >= 15 is 0 Å². The maximum Gasteiger partial charge on any atom is 0.234 e. The van der Waals surface area contributed by atoms with Crippen molar-refractivity contribution < 1.29 is 0 Å². The predicted octanol–water partition coefficient (Wildman–Crippen LogP) is 2.44. The Kier molecular flexibility index (Phi) is 2.63. The normalized spacial score (nSPS) is 28.7. The van der Waals surface area contributed by atoms with Crippen LogP contribution in [-0.2, 0) is 5.54 Å². The largest absolute Gasteiger partial charge is 0.306 e. The number of hydrogen-bond donors (Lipinski definition) is 1. The first-order valence-corrected chi connectivity index (χ1v) is 8.06. The van der Waals surface area contributed by atoms with Gasteiger partial charge in [0.1, 0.15) is 5.01 Å². The third-order valence-corrected chi connectivity index (χ3v) is 5.74. The molecule has 102 valence electrons. The van der Waals surface area contributed by atoms with Crippen molar-refractivity contribution in [1.29, 1.82) is 0 Å². The summed E-state index contributed by atoms with van der Waals surface area (Å²) in [4.78, 5) is 0.950. The van der Waals surface area contributed by atoms with Gasteiger partial charge in [-0.25, -0.2) is 0 Å². The van der Waals surface area contributed by atoms with Gasteiger partial charge in [0.05, 0.1) is 5.54 Å². The van der Waals surface area contributed by atoms with Crippen LogP contribution < -0.4 is 5.32 Å². The molecule has 19 heavy (non-hydrogen) atoms. The number of hydrogen-bond acceptors (Lipinski definition) is 5. The third-order valence-electron chi connectivity index (χ3n) is 4.58. The van der Waals surface area contributed by atoms with E-state index in [1.165, 1.54) is 32.1 Å². The summed E-state index contributed by atoms with van der Waals surface area (Å²) in [5.74, 6) is 1.65. The summed E-state index contributed by atoms with van der Waals surface area (Å²) in [6.45, 7) is 3.35. The molecule has 1 unspecified atom stereocenters. The van der Waals surface area contributed by atoms with Gasteiger partial charge in [-0.05, 0) is 45.6 Å². The summed E-state index contributed by atoms with van der Waals surface area (Å²) in [5, 5.41) is 18.2. The maximum atomic E-state index is 4.82. The Morgan fingerprint density at radius 1 is 1.26 bits per heavy atom. The van der Waals surface area contributed by atoms with E-state index in [9.17, 15) is 0 Å². The molecule has 2 fully saturated rings. The first kappa shape index (κ1) is 11.8. The molecule has 0 radical (unpaired) electrons. The van der Waals surface area contributed by atoms with E-state index in [2.05, 4.69) is 22.4 Å². The van der Waals surface area contributed by atoms with E-state index in [4.69, 9.17) is 5.10 Å². The van der Waals surface area contributed by atoms with E-state index < -0.39 is 0 Å². The molecule has 6 heteroatoms. The van der Waals surface area contributed by atoms with Gasteiger partial charge in [-0.2, -0.15) is 9.61 Å². The summed E-state index contributed by atoms with van der Waals surface area (Å²) < 4.78 is 1.99. The molecule has 1 aliphatic carbocycles. The Hall–Kier alpha value is -1.01. The van der Waals surface area contributed by atoms with E-state index in [1.807, 2.05) is 4.52 Å². The highest BCUT2D eigenvalue weighted by Gasteiger charge is 2.34. The van der Waals surface area contributed by atoms with Crippen LogP contribution in [0.2, 0.25) is 0 Å². The minimum Gasteiger partial charge on any atom is -0.306 e. The minimum atomic E-state index is 0.0283. The second-order valence-corrected chi connectivity index (χ2v) is 6.96. The van der Waals surface area contributed by atoms with Gasteiger partial charge in [0.15, 0.2) is 5.82 Å². The standard InChI is InChI=1S/C13H19N5S/c1-13(7-2-3-8-14-13)11-17-18-10(9-5-4-6-9)15-16-12(18)19-11/h9,14H,2-8H2,1H3. The number of rotatable bonds is 2. The Bertz CT molecular complexity index is 591. The van der Waals surface area contributed by atoms with Crippen LogP contribution in [0.5, 0.6) is 0 Å². The van der Waals surface area contributed by atoms with Crippen LogP contribution >= 0.6 is 11.3 Å². The summed E-state index contributed by atoms with van der Waals surface area (Å²) in [6.07, 6.45) is 7.50. The van der Waals surface area contributed by atoms with E-state index in [1.54, 1.807) is 11.3 Å². The molecule has 2 aliphatic rings. The van der Waals surface area contributed by atoms with Gasteiger partial charge < -0.3 is 5.32 Å². The zero-order valence-electron chi connectivity index (χ0n) is 11.2. The van der Waals surface area contributed by atoms with Gasteiger partial charge in [0.2, 0.25) is 4.96 Å². The summed E-state index contributed by atoms with van der Waals surface area (Å²) in [5.41, 5.74) is 0.0283. The lowest BCUT2D eigenvalue weighted by atomic mass is 9.85. The average Bonchev–Trinajstić information content (AvgIpc) is 2.90. The molecule has 4 rings (SSSR count). The van der Waals surface area contributed by atoms with Gasteiger partial charge in [-0.15, -0.1) is 10.2 Å². The molecule has 3 heterocycles. The first-order valence-electron chi connectivity index (χ1n) is 7.24. The van der Waals surface area contributed by atoms with Gasteiger partial charge in [0, 0.05) is 5.92 Å². The van der Waals surface area contributed by atoms with Crippen molar-refractivity contribution in [2.24, 2.45) is 0 Å². The second-order valence-electron chi connectivity index (χ2n) is 6.00. The molecule has 2 aromatic rings. The predicted molar refractivity (Wildman–Crippen MR) is 74.5 cm³/mol. The Balaban J connectivity index is 1.73. The fourth-order valence-electron chi connectivity index (χ4n) is 3.01. The highest BCUT2D eigenvalue weighted by Crippen LogP contribution is 2.37. The van der Waals surface area contributed by atoms with Crippen molar-refractivity contribution >= 4 is 16.3 Å². The number of aromatic nitrogens is 4. The molecule has 1 aliphatic heterocycles. The zero-order valence-corrected chi connectivity index (χ0v) is 12.0. The molecule has 1 atom stereocenters. The van der Waals surface area contributed by atoms with E-state index in [0.717, 1.165) is 28.8 Å². The quantitative estimate of drug-likeness (QED) is 0.916. The van der Waals surface area contributed by atoms with Crippen molar-refractivity contribution in [1.82, 2.24) is 25.1 Å². The van der Waals surface area contributed by atoms with Crippen molar-refractivity contribution in [2.45, 2.75) is 56.9 Å². The maximum absolute atomic E-state index is 4.82. The number of fused-ring (bicyclic) bond motifs is 1. The van der Waals surface area contributed by atoms with Crippen molar-refractivity contribution in [2.75, 3.05) is 6.54 Å². The fourth-order valence-corrected chi connectivity index (χ4v) is 4.01. The highest BCUT2D eigenvalue weighted by atomic mass is 32.1. The smallest absolute Gasteiger partial charge is 0.234 e. The van der Waals surface area contributed by atoms with Crippen LogP contribution in [0, 0.1) is 0 Å². The van der Waals surface area contributed by atoms with Crippen molar-refractivity contribution in [3.63, 3.8) is 0 Å². The molecule has 1 N–H and O–H groups in total. The molecule has 0 aromatic carbocycles. The zero-order chi connectivity index (χ0) is 12.9. The summed E-state index contributed by atoms with van der Waals surface area (Å²) in [6, 6.07) is 0.